The van der Waals surface area contributed by atoms with Crippen molar-refractivity contribution in [2.75, 3.05) is 5.32 Å². The summed E-state index contributed by atoms with van der Waals surface area (Å²) in [4.78, 5) is 17.4. The molecule has 1 atom stereocenters. The highest BCUT2D eigenvalue weighted by Gasteiger charge is 2.35. The summed E-state index contributed by atoms with van der Waals surface area (Å²) < 4.78 is 0. The zero-order chi connectivity index (χ0) is 18.4. The Labute approximate surface area is 154 Å². The molecule has 0 saturated heterocycles. The molecule has 26 heavy (non-hydrogen) atoms. The standard InChI is InChI=1S/C22H23N3O/c1-17-11-13-19(14-12-17)25-22(2,18-8-4-3-5-9-18)21(26)24-16-20-10-6-7-15-23-20/h3-15,25H,16H2,1-2H3,(H,24,26)/t22-/m1/s1. The summed E-state index contributed by atoms with van der Waals surface area (Å²) in [6, 6.07) is 23.4. The minimum atomic E-state index is -0.898. The molecule has 0 aliphatic heterocycles. The number of benzene rings is 2. The predicted octanol–water partition coefficient (Wildman–Crippen LogP) is 4.03. The van der Waals surface area contributed by atoms with Gasteiger partial charge < -0.3 is 10.6 Å². The van der Waals surface area contributed by atoms with Crippen LogP contribution in [-0.4, -0.2) is 10.9 Å². The fraction of sp³-hybridized carbons (Fsp3) is 0.182. The summed E-state index contributed by atoms with van der Waals surface area (Å²) in [5.74, 6) is -0.102. The van der Waals surface area contributed by atoms with E-state index in [-0.39, 0.29) is 5.91 Å². The van der Waals surface area contributed by atoms with E-state index in [0.717, 1.165) is 16.9 Å². The molecule has 0 saturated carbocycles. The average Bonchev–Trinajstić information content (AvgIpc) is 2.69. The number of amides is 1. The molecule has 0 aliphatic carbocycles. The van der Waals surface area contributed by atoms with Crippen LogP contribution in [0.15, 0.2) is 79.0 Å². The largest absolute Gasteiger partial charge is 0.368 e. The maximum Gasteiger partial charge on any atom is 0.250 e. The van der Waals surface area contributed by atoms with Gasteiger partial charge in [-0.2, -0.15) is 0 Å². The number of hydrogen-bond donors (Lipinski definition) is 2. The molecule has 2 N–H and O–H groups in total. The second kappa shape index (κ2) is 7.83. The average molecular weight is 345 g/mol. The SMILES string of the molecule is Cc1ccc(N[C@@](C)(C(=O)NCc2ccccn2)c2ccccc2)cc1. The Morgan fingerprint density at radius 3 is 2.31 bits per heavy atom. The van der Waals surface area contributed by atoms with Gasteiger partial charge in [-0.15, -0.1) is 0 Å². The topological polar surface area (TPSA) is 54.0 Å². The number of anilines is 1. The van der Waals surface area contributed by atoms with E-state index in [0.29, 0.717) is 6.54 Å². The van der Waals surface area contributed by atoms with Crippen LogP contribution in [0.25, 0.3) is 0 Å². The predicted molar refractivity (Wildman–Crippen MR) is 105 cm³/mol. The first-order valence-electron chi connectivity index (χ1n) is 8.66. The molecule has 1 heterocycles. The summed E-state index contributed by atoms with van der Waals surface area (Å²) in [6.07, 6.45) is 1.72. The summed E-state index contributed by atoms with van der Waals surface area (Å²) in [5.41, 5.74) is 2.91. The zero-order valence-corrected chi connectivity index (χ0v) is 15.1. The lowest BCUT2D eigenvalue weighted by atomic mass is 9.90. The summed E-state index contributed by atoms with van der Waals surface area (Å²) in [5, 5.41) is 6.41. The number of aryl methyl sites for hydroxylation is 1. The third kappa shape index (κ3) is 4.09. The van der Waals surface area contributed by atoms with Crippen LogP contribution in [0.5, 0.6) is 0 Å². The first kappa shape index (κ1) is 17.7. The second-order valence-electron chi connectivity index (χ2n) is 6.49. The van der Waals surface area contributed by atoms with E-state index in [9.17, 15) is 4.79 Å². The molecule has 2 aromatic carbocycles. The highest BCUT2D eigenvalue weighted by Crippen LogP contribution is 2.27. The van der Waals surface area contributed by atoms with Crippen molar-refractivity contribution in [1.82, 2.24) is 10.3 Å². The third-order valence-electron chi connectivity index (χ3n) is 4.41. The van der Waals surface area contributed by atoms with Crippen LogP contribution in [0.1, 0.15) is 23.7 Å². The number of nitrogens with zero attached hydrogens (tertiary/aromatic N) is 1. The van der Waals surface area contributed by atoms with Gasteiger partial charge in [0.05, 0.1) is 12.2 Å². The van der Waals surface area contributed by atoms with Gasteiger partial charge in [0, 0.05) is 11.9 Å². The van der Waals surface area contributed by atoms with Crippen molar-refractivity contribution >= 4 is 11.6 Å². The van der Waals surface area contributed by atoms with Gasteiger partial charge in [-0.3, -0.25) is 9.78 Å². The van der Waals surface area contributed by atoms with Gasteiger partial charge in [-0.25, -0.2) is 0 Å². The molecule has 0 fully saturated rings. The molecular formula is C22H23N3O. The van der Waals surface area contributed by atoms with Gasteiger partial charge in [0.15, 0.2) is 0 Å². The Morgan fingerprint density at radius 2 is 1.65 bits per heavy atom. The molecule has 4 heteroatoms. The number of hydrogen-bond acceptors (Lipinski definition) is 3. The number of carbonyl (C=O) groups is 1. The Balaban J connectivity index is 1.84. The fourth-order valence-electron chi connectivity index (χ4n) is 2.81. The zero-order valence-electron chi connectivity index (χ0n) is 15.1. The van der Waals surface area contributed by atoms with Gasteiger partial charge >= 0.3 is 0 Å². The molecule has 3 aromatic rings. The molecule has 3 rings (SSSR count). The van der Waals surface area contributed by atoms with Gasteiger partial charge in [-0.05, 0) is 43.7 Å². The minimum absolute atomic E-state index is 0.102. The Kier molecular flexibility index (Phi) is 5.32. The van der Waals surface area contributed by atoms with E-state index >= 15 is 0 Å². The van der Waals surface area contributed by atoms with Crippen LogP contribution >= 0.6 is 0 Å². The monoisotopic (exact) mass is 345 g/mol. The molecule has 0 spiro atoms. The van der Waals surface area contributed by atoms with Crippen molar-refractivity contribution in [2.24, 2.45) is 0 Å². The molecule has 0 unspecified atom stereocenters. The van der Waals surface area contributed by atoms with Gasteiger partial charge in [0.1, 0.15) is 5.54 Å². The summed E-state index contributed by atoms with van der Waals surface area (Å²) in [6.45, 7) is 4.33. The molecule has 0 aliphatic rings. The lowest BCUT2D eigenvalue weighted by molar-refractivity contribution is -0.125. The van der Waals surface area contributed by atoms with Crippen molar-refractivity contribution in [1.29, 1.82) is 0 Å². The normalized spacial score (nSPS) is 12.8. The second-order valence-corrected chi connectivity index (χ2v) is 6.49. The highest BCUT2D eigenvalue weighted by molar-refractivity contribution is 5.90. The lowest BCUT2D eigenvalue weighted by Crippen LogP contribution is -2.47. The number of aromatic nitrogens is 1. The molecular weight excluding hydrogens is 322 g/mol. The van der Waals surface area contributed by atoms with Crippen molar-refractivity contribution in [3.8, 4) is 0 Å². The van der Waals surface area contributed by atoms with Crippen LogP contribution in [0.3, 0.4) is 0 Å². The van der Waals surface area contributed by atoms with Crippen LogP contribution < -0.4 is 10.6 Å². The van der Waals surface area contributed by atoms with Crippen molar-refractivity contribution < 1.29 is 4.79 Å². The van der Waals surface area contributed by atoms with Crippen molar-refractivity contribution in [3.63, 3.8) is 0 Å². The molecule has 1 aromatic heterocycles. The van der Waals surface area contributed by atoms with Gasteiger partial charge in [0.25, 0.3) is 0 Å². The minimum Gasteiger partial charge on any atom is -0.368 e. The lowest BCUT2D eigenvalue weighted by Gasteiger charge is -2.31. The van der Waals surface area contributed by atoms with Crippen LogP contribution in [-0.2, 0) is 16.9 Å². The third-order valence-corrected chi connectivity index (χ3v) is 4.41. The van der Waals surface area contributed by atoms with Gasteiger partial charge in [-0.1, -0.05) is 54.1 Å². The quantitative estimate of drug-likeness (QED) is 0.709. The number of rotatable bonds is 6. The smallest absolute Gasteiger partial charge is 0.250 e. The number of pyridine rings is 1. The number of carbonyl (C=O) groups excluding carboxylic acids is 1. The van der Waals surface area contributed by atoms with Crippen LogP contribution in [0.4, 0.5) is 5.69 Å². The van der Waals surface area contributed by atoms with Crippen LogP contribution in [0, 0.1) is 6.92 Å². The van der Waals surface area contributed by atoms with Crippen molar-refractivity contribution in [2.45, 2.75) is 25.9 Å². The maximum absolute atomic E-state index is 13.1. The van der Waals surface area contributed by atoms with Crippen LogP contribution in [0.2, 0.25) is 0 Å². The van der Waals surface area contributed by atoms with E-state index in [4.69, 9.17) is 0 Å². The number of nitrogens with one attached hydrogen (secondary N) is 2. The Bertz CT molecular complexity index is 848. The van der Waals surface area contributed by atoms with E-state index in [2.05, 4.69) is 15.6 Å². The molecule has 0 bridgehead atoms. The Hall–Kier alpha value is -3.14. The van der Waals surface area contributed by atoms with Crippen molar-refractivity contribution in [3.05, 3.63) is 95.8 Å². The van der Waals surface area contributed by atoms with Gasteiger partial charge in [0.2, 0.25) is 5.91 Å². The first-order valence-corrected chi connectivity index (χ1v) is 8.66. The molecule has 1 amide bonds. The highest BCUT2D eigenvalue weighted by atomic mass is 16.2. The van der Waals surface area contributed by atoms with E-state index in [1.807, 2.05) is 86.6 Å². The summed E-state index contributed by atoms with van der Waals surface area (Å²) >= 11 is 0. The fourth-order valence-corrected chi connectivity index (χ4v) is 2.81. The summed E-state index contributed by atoms with van der Waals surface area (Å²) in [7, 11) is 0. The van der Waals surface area contributed by atoms with E-state index in [1.165, 1.54) is 5.56 Å². The molecule has 4 nitrogen and oxygen atoms in total. The van der Waals surface area contributed by atoms with E-state index in [1.54, 1.807) is 6.20 Å². The maximum atomic E-state index is 13.1. The molecule has 132 valence electrons. The van der Waals surface area contributed by atoms with E-state index < -0.39 is 5.54 Å². The Morgan fingerprint density at radius 1 is 0.962 bits per heavy atom. The first-order chi connectivity index (χ1) is 12.6. The molecule has 0 radical (unpaired) electrons.